The summed E-state index contributed by atoms with van der Waals surface area (Å²) in [6.45, 7) is 0.761. The van der Waals surface area contributed by atoms with E-state index in [1.54, 1.807) is 0 Å². The van der Waals surface area contributed by atoms with E-state index < -0.39 is 18.0 Å². The first-order valence-corrected chi connectivity index (χ1v) is 10.3. The molecule has 0 spiro atoms. The predicted octanol–water partition coefficient (Wildman–Crippen LogP) is 5.17. The second-order valence-electron chi connectivity index (χ2n) is 9.10. The molecule has 0 aromatic carbocycles. The summed E-state index contributed by atoms with van der Waals surface area (Å²) in [4.78, 5) is 15.0. The van der Waals surface area contributed by atoms with Crippen LogP contribution >= 0.6 is 0 Å². The van der Waals surface area contributed by atoms with Gasteiger partial charge < -0.3 is 4.90 Å². The molecule has 25 heavy (non-hydrogen) atoms. The standard InChI is InChI=1S/C20H30F3NO/c21-20(22,23)17-4-1-3-15(11-17)19(25)24-8-2-5-18(24)12-16-10-13-6-7-14(16)9-13/h13-18H,1-12H2/t13-,14-,15+,16+,17-,18-/m0/s1. The zero-order valence-electron chi connectivity index (χ0n) is 14.9. The molecule has 1 amide bonds. The average molecular weight is 357 g/mol. The molecule has 0 N–H and O–H groups in total. The zero-order valence-corrected chi connectivity index (χ0v) is 14.9. The van der Waals surface area contributed by atoms with Crippen LogP contribution in [-0.2, 0) is 4.79 Å². The number of alkyl halides is 3. The third-order valence-electron chi connectivity index (χ3n) is 7.61. The molecule has 0 aromatic rings. The second kappa shape index (κ2) is 6.77. The highest BCUT2D eigenvalue weighted by Crippen LogP contribution is 2.51. The van der Waals surface area contributed by atoms with E-state index in [-0.39, 0.29) is 18.7 Å². The Morgan fingerprint density at radius 2 is 1.80 bits per heavy atom. The van der Waals surface area contributed by atoms with Crippen LogP contribution in [0.2, 0.25) is 0 Å². The summed E-state index contributed by atoms with van der Waals surface area (Å²) in [6, 6.07) is 0.295. The minimum atomic E-state index is -4.15. The molecular weight excluding hydrogens is 327 g/mol. The van der Waals surface area contributed by atoms with Crippen LogP contribution < -0.4 is 0 Å². The van der Waals surface area contributed by atoms with Gasteiger partial charge in [0.05, 0.1) is 5.92 Å². The van der Waals surface area contributed by atoms with Gasteiger partial charge in [-0.2, -0.15) is 13.2 Å². The lowest BCUT2D eigenvalue weighted by molar-refractivity contribution is -0.187. The maximum atomic E-state index is 13.1. The molecule has 1 aliphatic heterocycles. The van der Waals surface area contributed by atoms with E-state index >= 15 is 0 Å². The summed E-state index contributed by atoms with van der Waals surface area (Å²) in [7, 11) is 0. The number of hydrogen-bond donors (Lipinski definition) is 0. The number of fused-ring (bicyclic) bond motifs is 2. The molecular formula is C20H30F3NO. The van der Waals surface area contributed by atoms with Gasteiger partial charge in [0.15, 0.2) is 0 Å². The molecule has 0 radical (unpaired) electrons. The lowest BCUT2D eigenvalue weighted by Crippen LogP contribution is -2.43. The molecule has 4 rings (SSSR count). The van der Waals surface area contributed by atoms with Gasteiger partial charge >= 0.3 is 6.18 Å². The van der Waals surface area contributed by atoms with Gasteiger partial charge in [-0.1, -0.05) is 12.8 Å². The summed E-state index contributed by atoms with van der Waals surface area (Å²) in [5.41, 5.74) is 0. The Morgan fingerprint density at radius 1 is 0.960 bits per heavy atom. The topological polar surface area (TPSA) is 20.3 Å². The molecule has 1 heterocycles. The first-order chi connectivity index (χ1) is 11.9. The number of hydrogen-bond acceptors (Lipinski definition) is 1. The van der Waals surface area contributed by atoms with Gasteiger partial charge in [0.1, 0.15) is 0 Å². The van der Waals surface area contributed by atoms with Crippen LogP contribution in [0, 0.1) is 29.6 Å². The highest BCUT2D eigenvalue weighted by atomic mass is 19.4. The Kier molecular flexibility index (Phi) is 4.78. The van der Waals surface area contributed by atoms with Gasteiger partial charge in [0.2, 0.25) is 5.91 Å². The number of nitrogens with zero attached hydrogens (tertiary/aromatic N) is 1. The lowest BCUT2D eigenvalue weighted by Gasteiger charge is -2.35. The third-order valence-corrected chi connectivity index (χ3v) is 7.61. The normalized spacial score (nSPS) is 41.5. The van der Waals surface area contributed by atoms with Crippen LogP contribution in [0.4, 0.5) is 13.2 Å². The quantitative estimate of drug-likeness (QED) is 0.682. The summed E-state index contributed by atoms with van der Waals surface area (Å²) < 4.78 is 39.2. The molecule has 142 valence electrons. The molecule has 0 aromatic heterocycles. The first-order valence-electron chi connectivity index (χ1n) is 10.3. The molecule has 0 unspecified atom stereocenters. The first kappa shape index (κ1) is 17.7. The zero-order chi connectivity index (χ0) is 17.6. The summed E-state index contributed by atoms with van der Waals surface area (Å²) in [6.07, 6.45) is 5.84. The third kappa shape index (κ3) is 3.57. The smallest absolute Gasteiger partial charge is 0.339 e. The van der Waals surface area contributed by atoms with Crippen LogP contribution in [-0.4, -0.2) is 29.6 Å². The van der Waals surface area contributed by atoms with Crippen molar-refractivity contribution in [2.24, 2.45) is 29.6 Å². The van der Waals surface area contributed by atoms with Crippen molar-refractivity contribution in [1.29, 1.82) is 0 Å². The Bertz CT molecular complexity index is 506. The molecule has 2 nitrogen and oxygen atoms in total. The van der Waals surface area contributed by atoms with E-state index in [4.69, 9.17) is 0 Å². The number of likely N-dealkylation sites (tertiary alicyclic amines) is 1. The van der Waals surface area contributed by atoms with Gasteiger partial charge in [0.25, 0.3) is 0 Å². The van der Waals surface area contributed by atoms with E-state index in [1.807, 2.05) is 4.90 Å². The number of carbonyl (C=O) groups excluding carboxylic acids is 1. The fourth-order valence-electron chi connectivity index (χ4n) is 6.33. The number of halogens is 3. The second-order valence-corrected chi connectivity index (χ2v) is 9.10. The summed E-state index contributed by atoms with van der Waals surface area (Å²) >= 11 is 0. The van der Waals surface area contributed by atoms with E-state index in [0.29, 0.717) is 18.9 Å². The molecule has 4 fully saturated rings. The predicted molar refractivity (Wildman–Crippen MR) is 89.8 cm³/mol. The highest BCUT2D eigenvalue weighted by molar-refractivity contribution is 5.79. The van der Waals surface area contributed by atoms with Crippen LogP contribution in [0.15, 0.2) is 0 Å². The van der Waals surface area contributed by atoms with Gasteiger partial charge in [0, 0.05) is 18.5 Å². The lowest BCUT2D eigenvalue weighted by atomic mass is 9.80. The van der Waals surface area contributed by atoms with Crippen molar-refractivity contribution in [3.05, 3.63) is 0 Å². The minimum Gasteiger partial charge on any atom is -0.339 e. The molecule has 3 aliphatic carbocycles. The Hall–Kier alpha value is -0.740. The van der Waals surface area contributed by atoms with E-state index in [2.05, 4.69) is 0 Å². The molecule has 1 saturated heterocycles. The van der Waals surface area contributed by atoms with Gasteiger partial charge in [-0.3, -0.25) is 4.79 Å². The summed E-state index contributed by atoms with van der Waals surface area (Å²) in [5.74, 6) is 0.868. The minimum absolute atomic E-state index is 0.0136. The monoisotopic (exact) mass is 357 g/mol. The molecule has 2 bridgehead atoms. The van der Waals surface area contributed by atoms with E-state index in [1.165, 1.54) is 25.7 Å². The molecule has 5 heteroatoms. The van der Waals surface area contributed by atoms with Crippen molar-refractivity contribution in [3.8, 4) is 0 Å². The Morgan fingerprint density at radius 3 is 2.48 bits per heavy atom. The number of carbonyl (C=O) groups is 1. The SMILES string of the molecule is O=C([C@@H]1CCC[C@H](C(F)(F)F)C1)N1CCC[C@H]1C[C@H]1C[C@H]2CC[C@H]1C2. The van der Waals surface area contributed by atoms with Crippen molar-refractivity contribution in [2.45, 2.75) is 82.8 Å². The maximum Gasteiger partial charge on any atom is 0.391 e. The Labute approximate surface area is 148 Å². The van der Waals surface area contributed by atoms with Gasteiger partial charge in [-0.25, -0.2) is 0 Å². The molecule has 4 aliphatic rings. The maximum absolute atomic E-state index is 13.1. The molecule has 6 atom stereocenters. The van der Waals surface area contributed by atoms with E-state index in [0.717, 1.165) is 43.6 Å². The van der Waals surface area contributed by atoms with Crippen LogP contribution in [0.25, 0.3) is 0 Å². The van der Waals surface area contributed by atoms with Crippen molar-refractivity contribution in [2.75, 3.05) is 6.54 Å². The fraction of sp³-hybridized carbons (Fsp3) is 0.950. The average Bonchev–Trinajstić information content (AvgIpc) is 3.30. The molecule has 3 saturated carbocycles. The van der Waals surface area contributed by atoms with Crippen molar-refractivity contribution in [3.63, 3.8) is 0 Å². The highest BCUT2D eigenvalue weighted by Gasteiger charge is 2.46. The van der Waals surface area contributed by atoms with Gasteiger partial charge in [-0.05, 0) is 75.5 Å². The summed E-state index contributed by atoms with van der Waals surface area (Å²) in [5, 5.41) is 0. The van der Waals surface area contributed by atoms with Crippen LogP contribution in [0.3, 0.4) is 0 Å². The van der Waals surface area contributed by atoms with Crippen LogP contribution in [0.1, 0.15) is 70.6 Å². The number of rotatable bonds is 3. The largest absolute Gasteiger partial charge is 0.391 e. The fourth-order valence-corrected chi connectivity index (χ4v) is 6.33. The van der Waals surface area contributed by atoms with Crippen LogP contribution in [0.5, 0.6) is 0 Å². The van der Waals surface area contributed by atoms with Crippen molar-refractivity contribution < 1.29 is 18.0 Å². The number of amides is 1. The van der Waals surface area contributed by atoms with Crippen molar-refractivity contribution in [1.82, 2.24) is 4.90 Å². The van der Waals surface area contributed by atoms with E-state index in [9.17, 15) is 18.0 Å². The Balaban J connectivity index is 1.37. The van der Waals surface area contributed by atoms with Crippen molar-refractivity contribution >= 4 is 5.91 Å². The van der Waals surface area contributed by atoms with Gasteiger partial charge in [-0.15, -0.1) is 0 Å².